The summed E-state index contributed by atoms with van der Waals surface area (Å²) in [6.07, 6.45) is 0. The molecule has 1 fully saturated rings. The number of rotatable bonds is 3. The van der Waals surface area contributed by atoms with Crippen LogP contribution >= 0.6 is 23.2 Å². The Balaban J connectivity index is 1.82. The lowest BCUT2D eigenvalue weighted by Gasteiger charge is -2.22. The molecule has 2 aliphatic heterocycles. The van der Waals surface area contributed by atoms with Crippen LogP contribution in [0.1, 0.15) is 0 Å². The van der Waals surface area contributed by atoms with Crippen molar-refractivity contribution in [2.75, 3.05) is 17.0 Å². The lowest BCUT2D eigenvalue weighted by molar-refractivity contribution is -0.133. The summed E-state index contributed by atoms with van der Waals surface area (Å²) in [5, 5.41) is 6.34. The van der Waals surface area contributed by atoms with Gasteiger partial charge in [-0.25, -0.2) is 14.7 Å². The van der Waals surface area contributed by atoms with E-state index in [-0.39, 0.29) is 5.71 Å². The number of nitrogens with zero attached hydrogens (tertiary/aromatic N) is 3. The van der Waals surface area contributed by atoms with Crippen LogP contribution in [0.3, 0.4) is 0 Å². The molecule has 0 unspecified atom stereocenters. The molecule has 2 aliphatic rings. The van der Waals surface area contributed by atoms with Gasteiger partial charge in [0.1, 0.15) is 12.0 Å². The first-order valence-corrected chi connectivity index (χ1v) is 9.03. The van der Waals surface area contributed by atoms with Gasteiger partial charge >= 0.3 is 5.97 Å². The molecule has 0 aliphatic carbocycles. The van der Waals surface area contributed by atoms with Crippen LogP contribution < -0.4 is 9.91 Å². The van der Waals surface area contributed by atoms with Gasteiger partial charge in [0.25, 0.3) is 5.91 Å². The van der Waals surface area contributed by atoms with Crippen LogP contribution in [0.5, 0.6) is 0 Å². The highest BCUT2D eigenvalue weighted by molar-refractivity contribution is 6.47. The first kappa shape index (κ1) is 18.5. The molecule has 4 rings (SSSR count). The van der Waals surface area contributed by atoms with Gasteiger partial charge < -0.3 is 4.74 Å². The van der Waals surface area contributed by atoms with Crippen LogP contribution in [0, 0.1) is 5.92 Å². The maximum absolute atomic E-state index is 13.2. The van der Waals surface area contributed by atoms with Crippen molar-refractivity contribution in [2.24, 2.45) is 11.0 Å². The van der Waals surface area contributed by atoms with Crippen LogP contribution in [0.25, 0.3) is 0 Å². The zero-order chi connectivity index (χ0) is 20.0. The molecule has 28 heavy (non-hydrogen) atoms. The second-order valence-corrected chi connectivity index (χ2v) is 7.03. The Morgan fingerprint density at radius 1 is 1.04 bits per heavy atom. The number of ether oxygens (including phenoxy) is 1. The van der Waals surface area contributed by atoms with Crippen molar-refractivity contribution in [1.82, 2.24) is 0 Å². The van der Waals surface area contributed by atoms with E-state index in [1.807, 2.05) is 0 Å². The number of esters is 1. The first-order chi connectivity index (χ1) is 13.4. The van der Waals surface area contributed by atoms with Gasteiger partial charge in [-0.2, -0.15) is 5.10 Å². The number of hydrogen-bond acceptors (Lipinski definition) is 6. The van der Waals surface area contributed by atoms with Crippen LogP contribution in [-0.2, 0) is 19.1 Å². The molecule has 0 radical (unpaired) electrons. The zero-order valence-electron chi connectivity index (χ0n) is 14.5. The van der Waals surface area contributed by atoms with Gasteiger partial charge in [0.05, 0.1) is 23.5 Å². The van der Waals surface area contributed by atoms with Crippen LogP contribution in [-0.4, -0.2) is 36.6 Å². The maximum Gasteiger partial charge on any atom is 0.355 e. The summed E-state index contributed by atoms with van der Waals surface area (Å²) in [6, 6.07) is 12.0. The third-order valence-corrected chi connectivity index (χ3v) is 5.20. The molecular formula is C19H13Cl2N3O4. The van der Waals surface area contributed by atoms with Crippen molar-refractivity contribution in [1.29, 1.82) is 0 Å². The molecule has 9 heteroatoms. The van der Waals surface area contributed by atoms with E-state index in [4.69, 9.17) is 27.9 Å². The number of imide groups is 1. The molecule has 2 heterocycles. The highest BCUT2D eigenvalue weighted by atomic mass is 35.5. The average Bonchev–Trinajstić information content (AvgIpc) is 3.20. The molecule has 0 saturated carbocycles. The summed E-state index contributed by atoms with van der Waals surface area (Å²) in [6.45, 7) is 0. The van der Waals surface area contributed by atoms with Gasteiger partial charge in [-0.3, -0.25) is 9.59 Å². The SMILES string of the molecule is COC(=O)C1=NN(c2ccccc2Cl)[C@H]2C(=O)N(c3ccc(Cl)cc3)C(=O)[C@H]12. The number of carbonyl (C=O) groups excluding carboxylic acids is 3. The summed E-state index contributed by atoms with van der Waals surface area (Å²) >= 11 is 12.2. The van der Waals surface area contributed by atoms with Crippen molar-refractivity contribution in [3.05, 3.63) is 58.6 Å². The topological polar surface area (TPSA) is 79.3 Å². The lowest BCUT2D eigenvalue weighted by atomic mass is 9.98. The Bertz CT molecular complexity index is 1020. The van der Waals surface area contributed by atoms with E-state index in [0.717, 1.165) is 4.90 Å². The smallest absolute Gasteiger partial charge is 0.355 e. The second kappa shape index (κ2) is 6.92. The Labute approximate surface area is 170 Å². The molecule has 142 valence electrons. The third-order valence-electron chi connectivity index (χ3n) is 4.63. The highest BCUT2D eigenvalue weighted by Crippen LogP contribution is 2.40. The summed E-state index contributed by atoms with van der Waals surface area (Å²) in [7, 11) is 1.19. The number of hydrogen-bond donors (Lipinski definition) is 0. The minimum absolute atomic E-state index is 0.137. The molecule has 0 spiro atoms. The largest absolute Gasteiger partial charge is 0.464 e. The number of carbonyl (C=O) groups is 3. The van der Waals surface area contributed by atoms with Crippen LogP contribution in [0.4, 0.5) is 11.4 Å². The number of fused-ring (bicyclic) bond motifs is 1. The van der Waals surface area contributed by atoms with Crippen LogP contribution in [0.2, 0.25) is 10.0 Å². The van der Waals surface area contributed by atoms with Crippen molar-refractivity contribution in [3.8, 4) is 0 Å². The van der Waals surface area contributed by atoms with E-state index in [1.54, 1.807) is 48.5 Å². The number of anilines is 2. The number of halogens is 2. The number of para-hydroxylation sites is 1. The zero-order valence-corrected chi connectivity index (χ0v) is 16.0. The fourth-order valence-electron chi connectivity index (χ4n) is 3.37. The summed E-state index contributed by atoms with van der Waals surface area (Å²) < 4.78 is 4.77. The maximum atomic E-state index is 13.2. The van der Waals surface area contributed by atoms with Gasteiger partial charge in [0.2, 0.25) is 5.91 Å². The molecule has 0 aromatic heterocycles. The van der Waals surface area contributed by atoms with Gasteiger partial charge in [-0.15, -0.1) is 0 Å². The standard InChI is InChI=1S/C19H13Cl2N3O4/c1-28-19(27)15-14-16(24(22-15)13-5-3-2-4-12(13)21)18(26)23(17(14)25)11-8-6-10(20)7-9-11/h2-9,14,16H,1H3/t14-,16-/m1/s1. The Morgan fingerprint density at radius 3 is 2.36 bits per heavy atom. The fourth-order valence-corrected chi connectivity index (χ4v) is 3.72. The minimum atomic E-state index is -1.09. The number of benzene rings is 2. The molecular weight excluding hydrogens is 405 g/mol. The van der Waals surface area contributed by atoms with Crippen molar-refractivity contribution in [3.63, 3.8) is 0 Å². The van der Waals surface area contributed by atoms with Crippen LogP contribution in [0.15, 0.2) is 53.6 Å². The predicted octanol–water partition coefficient (Wildman–Crippen LogP) is 2.90. The molecule has 2 aromatic carbocycles. The quantitative estimate of drug-likeness (QED) is 0.566. The summed E-state index contributed by atoms with van der Waals surface area (Å²) in [5.41, 5.74) is 0.636. The van der Waals surface area contributed by atoms with E-state index in [1.165, 1.54) is 12.1 Å². The summed E-state index contributed by atoms with van der Waals surface area (Å²) in [5.74, 6) is -2.94. The molecule has 7 nitrogen and oxygen atoms in total. The second-order valence-electron chi connectivity index (χ2n) is 6.18. The van der Waals surface area contributed by atoms with E-state index < -0.39 is 29.7 Å². The number of methoxy groups -OCH3 is 1. The van der Waals surface area contributed by atoms with E-state index in [0.29, 0.717) is 21.4 Å². The van der Waals surface area contributed by atoms with Gasteiger partial charge in [0.15, 0.2) is 5.71 Å². The molecule has 2 amide bonds. The first-order valence-electron chi connectivity index (χ1n) is 8.28. The van der Waals surface area contributed by atoms with Crippen molar-refractivity contribution >= 4 is 58.1 Å². The normalized spacial score (nSPS) is 21.0. The van der Waals surface area contributed by atoms with Gasteiger partial charge in [0, 0.05) is 5.02 Å². The molecule has 2 aromatic rings. The monoisotopic (exact) mass is 417 g/mol. The van der Waals surface area contributed by atoms with E-state index in [2.05, 4.69) is 5.10 Å². The Kier molecular flexibility index (Phi) is 4.56. The van der Waals surface area contributed by atoms with Gasteiger partial charge in [-0.1, -0.05) is 35.3 Å². The molecule has 1 saturated heterocycles. The van der Waals surface area contributed by atoms with Gasteiger partial charge in [-0.05, 0) is 36.4 Å². The van der Waals surface area contributed by atoms with Crippen molar-refractivity contribution < 1.29 is 19.1 Å². The highest BCUT2D eigenvalue weighted by Gasteiger charge is 2.59. The fraction of sp³-hybridized carbons (Fsp3) is 0.158. The predicted molar refractivity (Wildman–Crippen MR) is 105 cm³/mol. The lowest BCUT2D eigenvalue weighted by Crippen LogP contribution is -2.39. The number of hydrazone groups is 1. The third kappa shape index (κ3) is 2.75. The Hall–Kier alpha value is -2.90. The summed E-state index contributed by atoms with van der Waals surface area (Å²) in [4.78, 5) is 39.6. The Morgan fingerprint density at radius 2 is 1.71 bits per heavy atom. The molecule has 0 N–H and O–H groups in total. The van der Waals surface area contributed by atoms with E-state index >= 15 is 0 Å². The molecule has 2 atom stereocenters. The van der Waals surface area contributed by atoms with E-state index in [9.17, 15) is 14.4 Å². The minimum Gasteiger partial charge on any atom is -0.464 e. The van der Waals surface area contributed by atoms with Crippen molar-refractivity contribution in [2.45, 2.75) is 6.04 Å². The number of amides is 2. The molecule has 0 bridgehead atoms. The average molecular weight is 418 g/mol.